The van der Waals surface area contributed by atoms with E-state index >= 15 is 0 Å². The molecule has 1 unspecified atom stereocenters. The molecule has 1 aromatic carbocycles. The van der Waals surface area contributed by atoms with E-state index in [1.54, 1.807) is 26.4 Å². The number of pyridine rings is 1. The van der Waals surface area contributed by atoms with Crippen LogP contribution in [0.5, 0.6) is 11.5 Å². The number of carbonyl (C=O) groups is 1. The quantitative estimate of drug-likeness (QED) is 0.487. The van der Waals surface area contributed by atoms with Crippen LogP contribution in [0.25, 0.3) is 11.1 Å². The normalized spacial score (nSPS) is 15.5. The molecule has 0 saturated carbocycles. The summed E-state index contributed by atoms with van der Waals surface area (Å²) in [6, 6.07) is 7.63. The number of aromatic nitrogens is 3. The summed E-state index contributed by atoms with van der Waals surface area (Å²) in [6.45, 7) is 4.05. The lowest BCUT2D eigenvalue weighted by Gasteiger charge is -2.31. The standard InChI is InChI=1S/C25H31ClN6O3/c1-16(24-20(26)5-4-6-21(24)34-3)35-22-11-17(12-29-25(22)27)18-13-30-32(14-18)19-7-9-31(10-8-19)15-23(33)28-2/h4-6,11-14,16,19H,7-10,15H2,1-3H3,(H2,27,29)(H,28,33). The summed E-state index contributed by atoms with van der Waals surface area (Å²) in [7, 11) is 3.26. The number of nitrogens with two attached hydrogens (primary N) is 1. The van der Waals surface area contributed by atoms with Gasteiger partial charge < -0.3 is 20.5 Å². The molecule has 1 saturated heterocycles. The van der Waals surface area contributed by atoms with Gasteiger partial charge in [0.05, 0.1) is 36.5 Å². The number of ether oxygens (including phenoxy) is 2. The van der Waals surface area contributed by atoms with Crippen LogP contribution >= 0.6 is 11.6 Å². The molecule has 1 fully saturated rings. The lowest BCUT2D eigenvalue weighted by molar-refractivity contribution is -0.122. The molecule has 3 aromatic rings. The molecule has 1 aliphatic rings. The van der Waals surface area contributed by atoms with Crippen molar-refractivity contribution >= 4 is 23.3 Å². The molecular formula is C25H31ClN6O3. The van der Waals surface area contributed by atoms with Crippen LogP contribution in [0, 0.1) is 0 Å². The van der Waals surface area contributed by atoms with Crippen LogP contribution in [0.3, 0.4) is 0 Å². The highest BCUT2D eigenvalue weighted by atomic mass is 35.5. The molecule has 35 heavy (non-hydrogen) atoms. The van der Waals surface area contributed by atoms with Crippen molar-refractivity contribution in [2.75, 3.05) is 39.5 Å². The van der Waals surface area contributed by atoms with E-state index < -0.39 is 6.10 Å². The van der Waals surface area contributed by atoms with Crippen LogP contribution in [-0.2, 0) is 4.79 Å². The number of likely N-dealkylation sites (tertiary alicyclic amines) is 1. The fourth-order valence-corrected chi connectivity index (χ4v) is 4.68. The summed E-state index contributed by atoms with van der Waals surface area (Å²) < 4.78 is 13.6. The average Bonchev–Trinajstić information content (AvgIpc) is 3.35. The zero-order valence-electron chi connectivity index (χ0n) is 20.2. The van der Waals surface area contributed by atoms with Gasteiger partial charge in [-0.25, -0.2) is 4.98 Å². The Balaban J connectivity index is 1.47. The predicted octanol–water partition coefficient (Wildman–Crippen LogP) is 3.71. The van der Waals surface area contributed by atoms with Gasteiger partial charge in [-0.1, -0.05) is 17.7 Å². The Labute approximate surface area is 210 Å². The molecule has 9 nitrogen and oxygen atoms in total. The Morgan fingerprint density at radius 2 is 2.03 bits per heavy atom. The SMILES string of the molecule is CNC(=O)CN1CCC(n2cc(-c3cnc(N)c(OC(C)c4c(Cl)cccc4OC)c3)cn2)CC1. The van der Waals surface area contributed by atoms with Crippen LogP contribution in [0.15, 0.2) is 42.9 Å². The Kier molecular flexibility index (Phi) is 7.77. The van der Waals surface area contributed by atoms with Crippen molar-refractivity contribution in [3.8, 4) is 22.6 Å². The van der Waals surface area contributed by atoms with Gasteiger partial charge >= 0.3 is 0 Å². The maximum atomic E-state index is 11.6. The Hall–Kier alpha value is -3.30. The number of halogens is 1. The van der Waals surface area contributed by atoms with Gasteiger partial charge in [-0.2, -0.15) is 5.10 Å². The average molecular weight is 499 g/mol. The van der Waals surface area contributed by atoms with Gasteiger partial charge in [-0.15, -0.1) is 0 Å². The van der Waals surface area contributed by atoms with Crippen molar-refractivity contribution in [1.82, 2.24) is 25.0 Å². The van der Waals surface area contributed by atoms with E-state index in [1.165, 1.54) is 0 Å². The maximum absolute atomic E-state index is 11.6. The highest BCUT2D eigenvalue weighted by Crippen LogP contribution is 2.37. The summed E-state index contributed by atoms with van der Waals surface area (Å²) in [5.41, 5.74) is 8.66. The first-order valence-electron chi connectivity index (χ1n) is 11.6. The molecule has 0 spiro atoms. The lowest BCUT2D eigenvalue weighted by Crippen LogP contribution is -2.41. The smallest absolute Gasteiger partial charge is 0.233 e. The van der Waals surface area contributed by atoms with Crippen molar-refractivity contribution in [2.45, 2.75) is 31.9 Å². The van der Waals surface area contributed by atoms with Gasteiger partial charge in [-0.05, 0) is 38.0 Å². The summed E-state index contributed by atoms with van der Waals surface area (Å²) >= 11 is 6.41. The van der Waals surface area contributed by atoms with E-state index in [2.05, 4.69) is 20.3 Å². The van der Waals surface area contributed by atoms with Gasteiger partial charge in [0.25, 0.3) is 0 Å². The van der Waals surface area contributed by atoms with Crippen LogP contribution in [0.2, 0.25) is 5.02 Å². The molecule has 0 aliphatic carbocycles. The first-order chi connectivity index (χ1) is 16.9. The number of nitrogen functional groups attached to an aromatic ring is 1. The molecule has 4 rings (SSSR count). The fraction of sp³-hybridized carbons (Fsp3) is 0.400. The number of nitrogens with zero attached hydrogens (tertiary/aromatic N) is 4. The Morgan fingerprint density at radius 3 is 2.74 bits per heavy atom. The number of amides is 1. The van der Waals surface area contributed by atoms with E-state index in [0.717, 1.165) is 42.6 Å². The Bertz CT molecular complexity index is 1180. The van der Waals surface area contributed by atoms with Crippen LogP contribution in [0.4, 0.5) is 5.82 Å². The summed E-state index contributed by atoms with van der Waals surface area (Å²) in [6.07, 6.45) is 7.04. The van der Waals surface area contributed by atoms with Gasteiger partial charge in [0, 0.05) is 43.7 Å². The third-order valence-electron chi connectivity index (χ3n) is 6.34. The molecule has 0 radical (unpaired) electrons. The van der Waals surface area contributed by atoms with E-state index in [0.29, 0.717) is 28.9 Å². The highest BCUT2D eigenvalue weighted by molar-refractivity contribution is 6.31. The predicted molar refractivity (Wildman–Crippen MR) is 136 cm³/mol. The van der Waals surface area contributed by atoms with Crippen LogP contribution in [0.1, 0.15) is 37.5 Å². The molecular weight excluding hydrogens is 468 g/mol. The summed E-state index contributed by atoms with van der Waals surface area (Å²) in [4.78, 5) is 18.1. The minimum atomic E-state index is -0.402. The van der Waals surface area contributed by atoms with Crippen molar-refractivity contribution in [3.05, 3.63) is 53.4 Å². The van der Waals surface area contributed by atoms with E-state index in [9.17, 15) is 4.79 Å². The number of anilines is 1. The Morgan fingerprint density at radius 1 is 1.26 bits per heavy atom. The molecule has 10 heteroatoms. The highest BCUT2D eigenvalue weighted by Gasteiger charge is 2.23. The molecule has 0 bridgehead atoms. The van der Waals surface area contributed by atoms with Crippen molar-refractivity contribution < 1.29 is 14.3 Å². The minimum Gasteiger partial charge on any atom is -0.496 e. The molecule has 3 N–H and O–H groups in total. The van der Waals surface area contributed by atoms with Crippen LogP contribution < -0.4 is 20.5 Å². The number of benzene rings is 1. The minimum absolute atomic E-state index is 0.0426. The monoisotopic (exact) mass is 498 g/mol. The molecule has 3 heterocycles. The molecule has 2 aromatic heterocycles. The second-order valence-corrected chi connectivity index (χ2v) is 9.02. The summed E-state index contributed by atoms with van der Waals surface area (Å²) in [5.74, 6) is 1.45. The molecule has 1 atom stereocenters. The second-order valence-electron chi connectivity index (χ2n) is 8.61. The van der Waals surface area contributed by atoms with Crippen molar-refractivity contribution in [3.63, 3.8) is 0 Å². The zero-order chi connectivity index (χ0) is 24.9. The third-order valence-corrected chi connectivity index (χ3v) is 6.67. The number of piperidine rings is 1. The summed E-state index contributed by atoms with van der Waals surface area (Å²) in [5, 5.41) is 7.83. The number of hydrogen-bond donors (Lipinski definition) is 2. The molecule has 1 amide bonds. The molecule has 186 valence electrons. The van der Waals surface area contributed by atoms with Crippen LogP contribution in [-0.4, -0.2) is 59.4 Å². The number of rotatable bonds is 8. The lowest BCUT2D eigenvalue weighted by atomic mass is 10.1. The number of nitrogens with one attached hydrogen (secondary N) is 1. The zero-order valence-corrected chi connectivity index (χ0v) is 21.0. The van der Waals surface area contributed by atoms with Gasteiger partial charge in [0.2, 0.25) is 5.91 Å². The van der Waals surface area contributed by atoms with E-state index in [-0.39, 0.29) is 11.9 Å². The van der Waals surface area contributed by atoms with E-state index in [4.69, 9.17) is 26.8 Å². The maximum Gasteiger partial charge on any atom is 0.233 e. The first-order valence-corrected chi connectivity index (χ1v) is 12.0. The van der Waals surface area contributed by atoms with Gasteiger partial charge in [0.15, 0.2) is 11.6 Å². The largest absolute Gasteiger partial charge is 0.496 e. The van der Waals surface area contributed by atoms with Gasteiger partial charge in [-0.3, -0.25) is 14.4 Å². The number of hydrogen-bond acceptors (Lipinski definition) is 7. The van der Waals surface area contributed by atoms with E-state index in [1.807, 2.05) is 42.2 Å². The number of methoxy groups -OCH3 is 1. The fourth-order valence-electron chi connectivity index (χ4n) is 4.36. The van der Waals surface area contributed by atoms with Crippen molar-refractivity contribution in [1.29, 1.82) is 0 Å². The second kappa shape index (κ2) is 11.0. The first kappa shape index (κ1) is 24.8. The molecule has 1 aliphatic heterocycles. The number of likely N-dealkylation sites (N-methyl/N-ethyl adjacent to an activating group) is 1. The van der Waals surface area contributed by atoms with Gasteiger partial charge in [0.1, 0.15) is 11.9 Å². The topological polar surface area (TPSA) is 108 Å². The van der Waals surface area contributed by atoms with Crippen molar-refractivity contribution in [2.24, 2.45) is 0 Å². The third kappa shape index (κ3) is 5.68. The number of carbonyl (C=O) groups excluding carboxylic acids is 1.